The molecule has 1 aliphatic heterocycles. The molecular formula is C17H24N4S. The first-order valence-corrected chi connectivity index (χ1v) is 8.38. The van der Waals surface area contributed by atoms with Gasteiger partial charge in [-0.3, -0.25) is 4.90 Å². The standard InChI is InChI=1S/C17H24N4S/c1-2-3-8-19-17(22)21-11-9-20(10-12-21)14-16-6-4-15(13-18)5-7-16/h4-7H,2-3,8-12,14H2,1H3,(H,19,22). The molecule has 0 spiro atoms. The van der Waals surface area contributed by atoms with E-state index in [0.717, 1.165) is 49.9 Å². The van der Waals surface area contributed by atoms with Gasteiger partial charge in [0.05, 0.1) is 11.6 Å². The number of hydrogen-bond acceptors (Lipinski definition) is 3. The maximum atomic E-state index is 8.82. The Bertz CT molecular complexity index is 512. The smallest absolute Gasteiger partial charge is 0.169 e. The molecule has 0 bridgehead atoms. The zero-order valence-electron chi connectivity index (χ0n) is 13.2. The summed E-state index contributed by atoms with van der Waals surface area (Å²) >= 11 is 5.45. The third-order valence-electron chi connectivity index (χ3n) is 3.96. The first-order valence-electron chi connectivity index (χ1n) is 7.97. The fraction of sp³-hybridized carbons (Fsp3) is 0.529. The topological polar surface area (TPSA) is 42.3 Å². The van der Waals surface area contributed by atoms with Crippen LogP contribution in [0, 0.1) is 11.3 Å². The van der Waals surface area contributed by atoms with Crippen LogP contribution in [0.1, 0.15) is 30.9 Å². The largest absolute Gasteiger partial charge is 0.363 e. The third kappa shape index (κ3) is 4.97. The van der Waals surface area contributed by atoms with E-state index in [-0.39, 0.29) is 0 Å². The molecular weight excluding hydrogens is 292 g/mol. The summed E-state index contributed by atoms with van der Waals surface area (Å²) in [6.45, 7) is 8.11. The van der Waals surface area contributed by atoms with Gasteiger partial charge in [0.25, 0.3) is 0 Å². The highest BCUT2D eigenvalue weighted by Crippen LogP contribution is 2.10. The van der Waals surface area contributed by atoms with E-state index in [0.29, 0.717) is 0 Å². The quantitative estimate of drug-likeness (QED) is 0.667. The average molecular weight is 316 g/mol. The van der Waals surface area contributed by atoms with Crippen molar-refractivity contribution in [3.63, 3.8) is 0 Å². The summed E-state index contributed by atoms with van der Waals surface area (Å²) in [4.78, 5) is 4.70. The summed E-state index contributed by atoms with van der Waals surface area (Å²) < 4.78 is 0. The number of thiocarbonyl (C=S) groups is 1. The Morgan fingerprint density at radius 1 is 1.23 bits per heavy atom. The molecule has 1 heterocycles. The number of rotatable bonds is 5. The van der Waals surface area contributed by atoms with Gasteiger partial charge in [0.2, 0.25) is 0 Å². The number of unbranched alkanes of at least 4 members (excludes halogenated alkanes) is 1. The number of nitrogens with one attached hydrogen (secondary N) is 1. The SMILES string of the molecule is CCCCNC(=S)N1CCN(Cc2ccc(C#N)cc2)CC1. The van der Waals surface area contributed by atoms with Gasteiger partial charge < -0.3 is 10.2 Å². The molecule has 5 heteroatoms. The molecule has 2 rings (SSSR count). The summed E-state index contributed by atoms with van der Waals surface area (Å²) in [6, 6.07) is 10.0. The van der Waals surface area contributed by atoms with Gasteiger partial charge in [-0.2, -0.15) is 5.26 Å². The fourth-order valence-electron chi connectivity index (χ4n) is 2.54. The van der Waals surface area contributed by atoms with Crippen molar-refractivity contribution in [2.45, 2.75) is 26.3 Å². The summed E-state index contributed by atoms with van der Waals surface area (Å²) in [6.07, 6.45) is 2.35. The van der Waals surface area contributed by atoms with Crippen LogP contribution in [0.2, 0.25) is 0 Å². The molecule has 0 radical (unpaired) electrons. The Hall–Kier alpha value is -1.64. The molecule has 1 fully saturated rings. The van der Waals surface area contributed by atoms with Crippen molar-refractivity contribution in [1.82, 2.24) is 15.1 Å². The zero-order valence-corrected chi connectivity index (χ0v) is 14.0. The molecule has 1 aromatic rings. The van der Waals surface area contributed by atoms with E-state index in [1.165, 1.54) is 18.4 Å². The molecule has 118 valence electrons. The highest BCUT2D eigenvalue weighted by molar-refractivity contribution is 7.80. The maximum Gasteiger partial charge on any atom is 0.169 e. The number of piperazine rings is 1. The highest BCUT2D eigenvalue weighted by Gasteiger charge is 2.18. The molecule has 1 N–H and O–H groups in total. The second kappa shape index (κ2) is 8.72. The second-order valence-electron chi connectivity index (χ2n) is 5.66. The first-order chi connectivity index (χ1) is 10.7. The first kappa shape index (κ1) is 16.7. The lowest BCUT2D eigenvalue weighted by Gasteiger charge is -2.36. The van der Waals surface area contributed by atoms with Crippen molar-refractivity contribution in [2.24, 2.45) is 0 Å². The summed E-state index contributed by atoms with van der Waals surface area (Å²) in [5.41, 5.74) is 1.98. The molecule has 0 aliphatic carbocycles. The average Bonchev–Trinajstić information content (AvgIpc) is 2.56. The number of hydrogen-bond donors (Lipinski definition) is 1. The summed E-state index contributed by atoms with van der Waals surface area (Å²) in [5.74, 6) is 0. The van der Waals surface area contributed by atoms with Gasteiger partial charge in [-0.15, -0.1) is 0 Å². The summed E-state index contributed by atoms with van der Waals surface area (Å²) in [7, 11) is 0. The van der Waals surface area contributed by atoms with Crippen LogP contribution >= 0.6 is 12.2 Å². The monoisotopic (exact) mass is 316 g/mol. The van der Waals surface area contributed by atoms with Crippen LogP contribution in [-0.2, 0) is 6.54 Å². The minimum atomic E-state index is 0.720. The van der Waals surface area contributed by atoms with E-state index in [9.17, 15) is 0 Å². The van der Waals surface area contributed by atoms with Gasteiger partial charge in [-0.25, -0.2) is 0 Å². The second-order valence-corrected chi connectivity index (χ2v) is 6.04. The van der Waals surface area contributed by atoms with E-state index < -0.39 is 0 Å². The van der Waals surface area contributed by atoms with Crippen molar-refractivity contribution >= 4 is 17.3 Å². The Balaban J connectivity index is 1.74. The molecule has 4 nitrogen and oxygen atoms in total. The van der Waals surface area contributed by atoms with E-state index in [1.807, 2.05) is 24.3 Å². The molecule has 1 saturated heterocycles. The molecule has 0 saturated carbocycles. The van der Waals surface area contributed by atoms with E-state index in [1.54, 1.807) is 0 Å². The minimum Gasteiger partial charge on any atom is -0.363 e. The third-order valence-corrected chi connectivity index (χ3v) is 4.36. The van der Waals surface area contributed by atoms with Crippen LogP contribution in [0.4, 0.5) is 0 Å². The van der Waals surface area contributed by atoms with Crippen LogP contribution in [0.5, 0.6) is 0 Å². The van der Waals surface area contributed by atoms with Crippen molar-refractivity contribution in [2.75, 3.05) is 32.7 Å². The van der Waals surface area contributed by atoms with Crippen molar-refractivity contribution < 1.29 is 0 Å². The van der Waals surface area contributed by atoms with Gasteiger partial charge >= 0.3 is 0 Å². The van der Waals surface area contributed by atoms with Crippen LogP contribution in [0.3, 0.4) is 0 Å². The van der Waals surface area contributed by atoms with E-state index >= 15 is 0 Å². The lowest BCUT2D eigenvalue weighted by Crippen LogP contribution is -2.51. The zero-order chi connectivity index (χ0) is 15.8. The molecule has 0 aromatic heterocycles. The molecule has 0 atom stereocenters. The van der Waals surface area contributed by atoms with Gasteiger partial charge in [0.15, 0.2) is 5.11 Å². The summed E-state index contributed by atoms with van der Waals surface area (Å²) in [5, 5.41) is 13.1. The van der Waals surface area contributed by atoms with E-state index in [2.05, 4.69) is 28.1 Å². The number of benzene rings is 1. The predicted octanol–water partition coefficient (Wildman–Crippen LogP) is 2.35. The number of nitriles is 1. The fourth-order valence-corrected chi connectivity index (χ4v) is 2.82. The highest BCUT2D eigenvalue weighted by atomic mass is 32.1. The van der Waals surface area contributed by atoms with Gasteiger partial charge in [-0.1, -0.05) is 25.5 Å². The normalized spacial score (nSPS) is 15.4. The minimum absolute atomic E-state index is 0.720. The molecule has 22 heavy (non-hydrogen) atoms. The van der Waals surface area contributed by atoms with E-state index in [4.69, 9.17) is 17.5 Å². The predicted molar refractivity (Wildman–Crippen MR) is 93.5 cm³/mol. The Morgan fingerprint density at radius 3 is 2.50 bits per heavy atom. The number of nitrogens with zero attached hydrogens (tertiary/aromatic N) is 3. The van der Waals surface area contributed by atoms with Crippen molar-refractivity contribution in [3.8, 4) is 6.07 Å². The van der Waals surface area contributed by atoms with Crippen LogP contribution < -0.4 is 5.32 Å². The lowest BCUT2D eigenvalue weighted by molar-refractivity contribution is 0.174. The molecule has 1 aromatic carbocycles. The Labute approximate surface area is 138 Å². The molecule has 0 unspecified atom stereocenters. The lowest BCUT2D eigenvalue weighted by atomic mass is 10.1. The van der Waals surface area contributed by atoms with Crippen molar-refractivity contribution in [3.05, 3.63) is 35.4 Å². The van der Waals surface area contributed by atoms with Gasteiger partial charge in [-0.05, 0) is 36.3 Å². The Morgan fingerprint density at radius 2 is 1.91 bits per heavy atom. The van der Waals surface area contributed by atoms with Crippen LogP contribution in [0.25, 0.3) is 0 Å². The van der Waals surface area contributed by atoms with Gasteiger partial charge in [0.1, 0.15) is 0 Å². The molecule has 0 amide bonds. The molecule has 1 aliphatic rings. The van der Waals surface area contributed by atoms with Gasteiger partial charge in [0, 0.05) is 39.3 Å². The maximum absolute atomic E-state index is 8.82. The van der Waals surface area contributed by atoms with Crippen molar-refractivity contribution in [1.29, 1.82) is 5.26 Å². The van der Waals surface area contributed by atoms with Crippen LogP contribution in [0.15, 0.2) is 24.3 Å². The Kier molecular flexibility index (Phi) is 6.63. The van der Waals surface area contributed by atoms with Crippen LogP contribution in [-0.4, -0.2) is 47.6 Å².